The predicted molar refractivity (Wildman–Crippen MR) is 55.4 cm³/mol. The zero-order valence-electron chi connectivity index (χ0n) is 7.09. The quantitative estimate of drug-likeness (QED) is 0.855. The van der Waals surface area contributed by atoms with Crippen molar-refractivity contribution in [1.82, 2.24) is 9.97 Å². The molecule has 1 atom stereocenters. The summed E-state index contributed by atoms with van der Waals surface area (Å²) < 4.78 is 0. The van der Waals surface area contributed by atoms with Crippen molar-refractivity contribution >= 4 is 22.9 Å². The summed E-state index contributed by atoms with van der Waals surface area (Å²) in [7, 11) is 0. The lowest BCUT2D eigenvalue weighted by atomic mass is 10.1. The molecule has 0 fully saturated rings. The minimum Gasteiger partial charge on any atom is -0.382 e. The number of aromatic nitrogens is 2. The number of rotatable bonds is 2. The van der Waals surface area contributed by atoms with Crippen LogP contribution in [0.4, 0.5) is 0 Å². The molecule has 0 aliphatic rings. The third-order valence-corrected chi connectivity index (χ3v) is 2.79. The monoisotopic (exact) mass is 226 g/mol. The highest BCUT2D eigenvalue weighted by atomic mass is 35.5. The molecule has 2 aromatic heterocycles. The fraction of sp³-hybridized carbons (Fsp3) is 0.111. The van der Waals surface area contributed by atoms with Crippen molar-refractivity contribution in [2.24, 2.45) is 0 Å². The number of aliphatic hydroxyl groups is 1. The molecule has 0 bridgehead atoms. The number of hydrogen-bond acceptors (Lipinski definition) is 4. The van der Waals surface area contributed by atoms with Gasteiger partial charge in [0.05, 0.1) is 0 Å². The minimum absolute atomic E-state index is 0.242. The largest absolute Gasteiger partial charge is 0.382 e. The highest BCUT2D eigenvalue weighted by Crippen LogP contribution is 2.25. The molecule has 2 rings (SSSR count). The van der Waals surface area contributed by atoms with E-state index in [9.17, 15) is 5.11 Å². The molecule has 0 aliphatic heterocycles. The fourth-order valence-corrected chi connectivity index (χ4v) is 1.99. The molecule has 72 valence electrons. The first-order valence-electron chi connectivity index (χ1n) is 3.95. The number of nitrogens with zero attached hydrogens (tertiary/aromatic N) is 2. The Balaban J connectivity index is 2.37. The normalized spacial score (nSPS) is 12.7. The van der Waals surface area contributed by atoms with E-state index < -0.39 is 6.10 Å². The number of hydrogen-bond donors (Lipinski definition) is 1. The summed E-state index contributed by atoms with van der Waals surface area (Å²) in [6, 6.07) is 1.83. The molecule has 0 saturated heterocycles. The van der Waals surface area contributed by atoms with Crippen LogP contribution in [0.1, 0.15) is 17.4 Å². The van der Waals surface area contributed by atoms with Crippen molar-refractivity contribution in [3.05, 3.63) is 45.6 Å². The van der Waals surface area contributed by atoms with E-state index in [4.69, 9.17) is 11.6 Å². The zero-order valence-corrected chi connectivity index (χ0v) is 8.66. The number of halogens is 1. The van der Waals surface area contributed by atoms with E-state index in [1.54, 1.807) is 0 Å². The molecule has 5 heteroatoms. The maximum absolute atomic E-state index is 9.88. The molecule has 2 heterocycles. The van der Waals surface area contributed by atoms with E-state index in [0.717, 1.165) is 5.56 Å². The van der Waals surface area contributed by atoms with E-state index >= 15 is 0 Å². The Labute approximate surface area is 90.0 Å². The molecular weight excluding hydrogens is 220 g/mol. The first kappa shape index (κ1) is 9.58. The molecule has 0 aromatic carbocycles. The molecule has 3 nitrogen and oxygen atoms in total. The van der Waals surface area contributed by atoms with Crippen LogP contribution < -0.4 is 0 Å². The van der Waals surface area contributed by atoms with Gasteiger partial charge in [-0.25, -0.2) is 4.98 Å². The van der Waals surface area contributed by atoms with Crippen LogP contribution in [-0.4, -0.2) is 15.1 Å². The SMILES string of the molecule is OC(c1ccsc1)c1nccnc1Cl. The molecule has 0 radical (unpaired) electrons. The van der Waals surface area contributed by atoms with Crippen molar-refractivity contribution in [3.63, 3.8) is 0 Å². The van der Waals surface area contributed by atoms with Gasteiger partial charge < -0.3 is 5.11 Å². The second-order valence-electron chi connectivity index (χ2n) is 2.69. The number of aliphatic hydroxyl groups excluding tert-OH is 1. The van der Waals surface area contributed by atoms with Gasteiger partial charge >= 0.3 is 0 Å². The van der Waals surface area contributed by atoms with Gasteiger partial charge in [0.15, 0.2) is 5.15 Å². The van der Waals surface area contributed by atoms with E-state index in [2.05, 4.69) is 9.97 Å². The van der Waals surface area contributed by atoms with Crippen molar-refractivity contribution in [2.75, 3.05) is 0 Å². The van der Waals surface area contributed by atoms with Crippen molar-refractivity contribution in [2.45, 2.75) is 6.10 Å². The third kappa shape index (κ3) is 1.77. The molecular formula is C9H7ClN2OS. The van der Waals surface area contributed by atoms with E-state index in [0.29, 0.717) is 5.69 Å². The zero-order chi connectivity index (χ0) is 9.97. The Hall–Kier alpha value is -0.970. The molecule has 0 saturated carbocycles. The summed E-state index contributed by atoms with van der Waals surface area (Å²) in [5.74, 6) is 0. The van der Waals surface area contributed by atoms with Gasteiger partial charge in [0.2, 0.25) is 0 Å². The second-order valence-corrected chi connectivity index (χ2v) is 3.83. The average Bonchev–Trinajstić information content (AvgIpc) is 2.70. The number of thiophene rings is 1. The summed E-state index contributed by atoms with van der Waals surface area (Å²) in [4.78, 5) is 7.85. The Morgan fingerprint density at radius 3 is 2.79 bits per heavy atom. The summed E-state index contributed by atoms with van der Waals surface area (Å²) in [5, 5.41) is 13.9. The predicted octanol–water partition coefficient (Wildman–Crippen LogP) is 2.27. The minimum atomic E-state index is -0.789. The first-order valence-corrected chi connectivity index (χ1v) is 5.27. The van der Waals surface area contributed by atoms with Crippen LogP contribution in [0.25, 0.3) is 0 Å². The van der Waals surface area contributed by atoms with E-state index in [1.807, 2.05) is 16.8 Å². The molecule has 0 spiro atoms. The Morgan fingerprint density at radius 2 is 2.14 bits per heavy atom. The van der Waals surface area contributed by atoms with Gasteiger partial charge in [-0.15, -0.1) is 0 Å². The topological polar surface area (TPSA) is 46.0 Å². The van der Waals surface area contributed by atoms with Gasteiger partial charge in [0, 0.05) is 12.4 Å². The van der Waals surface area contributed by atoms with Crippen LogP contribution in [0.3, 0.4) is 0 Å². The van der Waals surface area contributed by atoms with E-state index in [1.165, 1.54) is 23.7 Å². The maximum atomic E-state index is 9.88. The first-order chi connectivity index (χ1) is 6.79. The smallest absolute Gasteiger partial charge is 0.153 e. The van der Waals surface area contributed by atoms with Gasteiger partial charge in [-0.3, -0.25) is 4.98 Å². The summed E-state index contributed by atoms with van der Waals surface area (Å²) in [6.07, 6.45) is 2.21. The summed E-state index contributed by atoms with van der Waals surface area (Å²) in [6.45, 7) is 0. The van der Waals surface area contributed by atoms with Crippen LogP contribution >= 0.6 is 22.9 Å². The summed E-state index contributed by atoms with van der Waals surface area (Å²) >= 11 is 7.32. The molecule has 1 unspecified atom stereocenters. The molecule has 14 heavy (non-hydrogen) atoms. The van der Waals surface area contributed by atoms with Gasteiger partial charge in [0.1, 0.15) is 11.8 Å². The Bertz CT molecular complexity index is 419. The highest BCUT2D eigenvalue weighted by Gasteiger charge is 2.15. The lowest BCUT2D eigenvalue weighted by molar-refractivity contribution is 0.215. The van der Waals surface area contributed by atoms with Crippen LogP contribution in [0.5, 0.6) is 0 Å². The molecule has 1 N–H and O–H groups in total. The molecule has 0 amide bonds. The Morgan fingerprint density at radius 1 is 1.36 bits per heavy atom. The van der Waals surface area contributed by atoms with Crippen LogP contribution in [-0.2, 0) is 0 Å². The third-order valence-electron chi connectivity index (χ3n) is 1.80. The van der Waals surface area contributed by atoms with Crippen molar-refractivity contribution in [3.8, 4) is 0 Å². The Kier molecular flexibility index (Phi) is 2.77. The lowest BCUT2D eigenvalue weighted by Crippen LogP contribution is -2.02. The lowest BCUT2D eigenvalue weighted by Gasteiger charge is -2.08. The van der Waals surface area contributed by atoms with Gasteiger partial charge in [-0.1, -0.05) is 11.6 Å². The standard InChI is InChI=1S/C9H7ClN2OS/c10-9-7(11-2-3-12-9)8(13)6-1-4-14-5-6/h1-5,8,13H. The van der Waals surface area contributed by atoms with Crippen molar-refractivity contribution in [1.29, 1.82) is 0 Å². The van der Waals surface area contributed by atoms with Crippen LogP contribution in [0, 0.1) is 0 Å². The second kappa shape index (κ2) is 4.04. The fourth-order valence-electron chi connectivity index (χ4n) is 1.10. The molecule has 2 aromatic rings. The maximum Gasteiger partial charge on any atom is 0.153 e. The van der Waals surface area contributed by atoms with Gasteiger partial charge in [0.25, 0.3) is 0 Å². The molecule has 0 aliphatic carbocycles. The highest BCUT2D eigenvalue weighted by molar-refractivity contribution is 7.07. The van der Waals surface area contributed by atoms with E-state index in [-0.39, 0.29) is 5.15 Å². The van der Waals surface area contributed by atoms with Crippen LogP contribution in [0.2, 0.25) is 5.15 Å². The van der Waals surface area contributed by atoms with Gasteiger partial charge in [-0.2, -0.15) is 11.3 Å². The van der Waals surface area contributed by atoms with Crippen molar-refractivity contribution < 1.29 is 5.11 Å². The summed E-state index contributed by atoms with van der Waals surface area (Å²) in [5.41, 5.74) is 1.19. The van der Waals surface area contributed by atoms with Gasteiger partial charge in [-0.05, 0) is 22.4 Å². The average molecular weight is 227 g/mol. The van der Waals surface area contributed by atoms with Crippen LogP contribution in [0.15, 0.2) is 29.2 Å².